The van der Waals surface area contributed by atoms with Gasteiger partial charge in [0.1, 0.15) is 0 Å². The van der Waals surface area contributed by atoms with E-state index in [-0.39, 0.29) is 0 Å². The average molecular weight is 255 g/mol. The highest BCUT2D eigenvalue weighted by Crippen LogP contribution is 2.28. The second kappa shape index (κ2) is 4.22. The lowest BCUT2D eigenvalue weighted by Crippen LogP contribution is -2.21. The molecule has 0 heterocycles. The van der Waals surface area contributed by atoms with Crippen molar-refractivity contribution in [3.05, 3.63) is 22.7 Å². The van der Waals surface area contributed by atoms with Crippen LogP contribution in [0.5, 0.6) is 0 Å². The van der Waals surface area contributed by atoms with Crippen LogP contribution in [-0.4, -0.2) is 6.54 Å². The van der Waals surface area contributed by atoms with Crippen molar-refractivity contribution in [3.8, 4) is 0 Å². The van der Waals surface area contributed by atoms with E-state index in [1.807, 2.05) is 18.2 Å². The standard InChI is InChI=1S/C11H15BrN2/c12-9-4-5-11(10(13)6-9)14-7-8-2-1-3-8/h4-6,8,14H,1-3,7,13H2. The molecule has 0 aliphatic heterocycles. The van der Waals surface area contributed by atoms with Gasteiger partial charge in [0.25, 0.3) is 0 Å². The number of hydrogen-bond donors (Lipinski definition) is 2. The Morgan fingerprint density at radius 3 is 2.79 bits per heavy atom. The minimum atomic E-state index is 0.818. The van der Waals surface area contributed by atoms with Crippen LogP contribution in [0.4, 0.5) is 11.4 Å². The Hall–Kier alpha value is -0.700. The fourth-order valence-corrected chi connectivity index (χ4v) is 2.02. The monoisotopic (exact) mass is 254 g/mol. The maximum absolute atomic E-state index is 5.87. The molecule has 0 spiro atoms. The molecule has 76 valence electrons. The highest BCUT2D eigenvalue weighted by atomic mass is 79.9. The van der Waals surface area contributed by atoms with Gasteiger partial charge in [-0.25, -0.2) is 0 Å². The molecular formula is C11H15BrN2. The molecule has 0 atom stereocenters. The SMILES string of the molecule is Nc1cc(Br)ccc1NCC1CCC1. The van der Waals surface area contributed by atoms with Gasteiger partial charge in [0.2, 0.25) is 0 Å². The largest absolute Gasteiger partial charge is 0.397 e. The van der Waals surface area contributed by atoms with Gasteiger partial charge in [-0.3, -0.25) is 0 Å². The molecule has 1 fully saturated rings. The van der Waals surface area contributed by atoms with Crippen molar-refractivity contribution in [1.29, 1.82) is 0 Å². The van der Waals surface area contributed by atoms with Crippen LogP contribution >= 0.6 is 15.9 Å². The Morgan fingerprint density at radius 2 is 2.21 bits per heavy atom. The van der Waals surface area contributed by atoms with Crippen molar-refractivity contribution in [1.82, 2.24) is 0 Å². The summed E-state index contributed by atoms with van der Waals surface area (Å²) in [6.07, 6.45) is 4.12. The highest BCUT2D eigenvalue weighted by molar-refractivity contribution is 9.10. The molecule has 1 aromatic carbocycles. The van der Waals surface area contributed by atoms with E-state index < -0.39 is 0 Å². The van der Waals surface area contributed by atoms with Crippen LogP contribution in [0.2, 0.25) is 0 Å². The van der Waals surface area contributed by atoms with Crippen molar-refractivity contribution >= 4 is 27.3 Å². The summed E-state index contributed by atoms with van der Waals surface area (Å²) in [4.78, 5) is 0. The summed E-state index contributed by atoms with van der Waals surface area (Å²) in [5.41, 5.74) is 7.75. The predicted molar refractivity (Wildman–Crippen MR) is 64.4 cm³/mol. The molecule has 2 rings (SSSR count). The van der Waals surface area contributed by atoms with Gasteiger partial charge in [0, 0.05) is 11.0 Å². The van der Waals surface area contributed by atoms with Crippen molar-refractivity contribution in [3.63, 3.8) is 0 Å². The maximum atomic E-state index is 5.87. The summed E-state index contributed by atoms with van der Waals surface area (Å²) in [7, 11) is 0. The normalized spacial score (nSPS) is 16.4. The molecule has 0 amide bonds. The van der Waals surface area contributed by atoms with Crippen LogP contribution in [0.1, 0.15) is 19.3 Å². The Morgan fingerprint density at radius 1 is 1.43 bits per heavy atom. The summed E-state index contributed by atoms with van der Waals surface area (Å²) < 4.78 is 1.03. The lowest BCUT2D eigenvalue weighted by atomic mass is 9.85. The molecule has 1 aliphatic carbocycles. The Kier molecular flexibility index (Phi) is 2.96. The number of rotatable bonds is 3. The molecule has 0 unspecified atom stereocenters. The van der Waals surface area contributed by atoms with Crippen LogP contribution < -0.4 is 11.1 Å². The van der Waals surface area contributed by atoms with E-state index in [2.05, 4.69) is 21.2 Å². The number of nitrogens with two attached hydrogens (primary N) is 1. The zero-order chi connectivity index (χ0) is 9.97. The molecule has 1 aliphatic rings. The molecule has 0 radical (unpaired) electrons. The van der Waals surface area contributed by atoms with Crippen molar-refractivity contribution in [2.45, 2.75) is 19.3 Å². The molecule has 1 saturated carbocycles. The Labute approximate surface area is 93.0 Å². The van der Waals surface area contributed by atoms with Crippen LogP contribution in [0.3, 0.4) is 0 Å². The third kappa shape index (κ3) is 2.21. The summed E-state index contributed by atoms with van der Waals surface area (Å²) in [6, 6.07) is 5.97. The van der Waals surface area contributed by atoms with Crippen LogP contribution in [0.25, 0.3) is 0 Å². The van der Waals surface area contributed by atoms with Crippen LogP contribution in [0, 0.1) is 5.92 Å². The molecule has 14 heavy (non-hydrogen) atoms. The number of benzene rings is 1. The van der Waals surface area contributed by atoms with E-state index in [1.54, 1.807) is 0 Å². The summed E-state index contributed by atoms with van der Waals surface area (Å²) in [5.74, 6) is 0.859. The first-order valence-corrected chi connectivity index (χ1v) is 5.84. The number of nitrogen functional groups attached to an aromatic ring is 1. The van der Waals surface area contributed by atoms with Crippen molar-refractivity contribution < 1.29 is 0 Å². The van der Waals surface area contributed by atoms with E-state index >= 15 is 0 Å². The van der Waals surface area contributed by atoms with Gasteiger partial charge in [-0.15, -0.1) is 0 Å². The zero-order valence-electron chi connectivity index (χ0n) is 8.09. The second-order valence-electron chi connectivity index (χ2n) is 3.91. The van der Waals surface area contributed by atoms with Crippen molar-refractivity contribution in [2.75, 3.05) is 17.6 Å². The lowest BCUT2D eigenvalue weighted by Gasteiger charge is -2.26. The van der Waals surface area contributed by atoms with E-state index in [4.69, 9.17) is 5.73 Å². The van der Waals surface area contributed by atoms with Gasteiger partial charge >= 0.3 is 0 Å². The second-order valence-corrected chi connectivity index (χ2v) is 4.83. The fraction of sp³-hybridized carbons (Fsp3) is 0.455. The van der Waals surface area contributed by atoms with E-state index in [0.29, 0.717) is 0 Å². The van der Waals surface area contributed by atoms with Gasteiger partial charge in [-0.05, 0) is 37.0 Å². The quantitative estimate of drug-likeness (QED) is 0.813. The Balaban J connectivity index is 1.94. The van der Waals surface area contributed by atoms with Gasteiger partial charge in [0.05, 0.1) is 11.4 Å². The van der Waals surface area contributed by atoms with E-state index in [0.717, 1.165) is 28.3 Å². The maximum Gasteiger partial charge on any atom is 0.0574 e. The first kappa shape index (κ1) is 9.84. The van der Waals surface area contributed by atoms with Crippen LogP contribution in [-0.2, 0) is 0 Å². The lowest BCUT2D eigenvalue weighted by molar-refractivity contribution is 0.333. The number of nitrogens with one attached hydrogen (secondary N) is 1. The molecule has 3 heteroatoms. The topological polar surface area (TPSA) is 38.0 Å². The summed E-state index contributed by atoms with van der Waals surface area (Å²) in [6.45, 7) is 1.06. The van der Waals surface area contributed by atoms with Gasteiger partial charge in [0.15, 0.2) is 0 Å². The number of halogens is 1. The molecule has 2 nitrogen and oxygen atoms in total. The van der Waals surface area contributed by atoms with Crippen molar-refractivity contribution in [2.24, 2.45) is 5.92 Å². The van der Waals surface area contributed by atoms with Gasteiger partial charge in [-0.2, -0.15) is 0 Å². The van der Waals surface area contributed by atoms with Gasteiger partial charge in [-0.1, -0.05) is 22.4 Å². The third-order valence-corrected chi connectivity index (χ3v) is 3.31. The Bertz CT molecular complexity index is 321. The molecular weight excluding hydrogens is 240 g/mol. The first-order valence-electron chi connectivity index (χ1n) is 5.04. The molecule has 0 saturated heterocycles. The van der Waals surface area contributed by atoms with E-state index in [1.165, 1.54) is 19.3 Å². The predicted octanol–water partition coefficient (Wildman–Crippen LogP) is 3.24. The third-order valence-electron chi connectivity index (χ3n) is 2.82. The molecule has 3 N–H and O–H groups in total. The highest BCUT2D eigenvalue weighted by Gasteiger charge is 2.16. The van der Waals surface area contributed by atoms with Gasteiger partial charge < -0.3 is 11.1 Å². The number of hydrogen-bond acceptors (Lipinski definition) is 2. The molecule has 0 bridgehead atoms. The zero-order valence-corrected chi connectivity index (χ0v) is 9.68. The van der Waals surface area contributed by atoms with Crippen LogP contribution in [0.15, 0.2) is 22.7 Å². The first-order chi connectivity index (χ1) is 6.75. The van der Waals surface area contributed by atoms with E-state index in [9.17, 15) is 0 Å². The number of anilines is 2. The smallest absolute Gasteiger partial charge is 0.0574 e. The minimum Gasteiger partial charge on any atom is -0.397 e. The summed E-state index contributed by atoms with van der Waals surface area (Å²) >= 11 is 3.39. The molecule has 0 aromatic heterocycles. The average Bonchev–Trinajstić information content (AvgIpc) is 2.05. The minimum absolute atomic E-state index is 0.818. The summed E-state index contributed by atoms with van der Waals surface area (Å²) in [5, 5.41) is 3.40. The fourth-order valence-electron chi connectivity index (χ4n) is 1.65. The molecule has 1 aromatic rings.